The first kappa shape index (κ1) is 15.9. The SMILES string of the molecule is CN(C)C(=O)N1CC[C@]2(C1)CN(Cc1cccnc1)c1cccnc12. The Morgan fingerprint density at radius 3 is 2.84 bits per heavy atom. The maximum absolute atomic E-state index is 12.4. The zero-order chi connectivity index (χ0) is 17.4. The van der Waals surface area contributed by atoms with Crippen LogP contribution >= 0.6 is 0 Å². The van der Waals surface area contributed by atoms with Gasteiger partial charge >= 0.3 is 6.03 Å². The summed E-state index contributed by atoms with van der Waals surface area (Å²) in [5, 5.41) is 0. The summed E-state index contributed by atoms with van der Waals surface area (Å²) in [5.41, 5.74) is 3.44. The number of carbonyl (C=O) groups excluding carboxylic acids is 1. The number of fused-ring (bicyclic) bond motifs is 2. The smallest absolute Gasteiger partial charge is 0.319 e. The Balaban J connectivity index is 1.62. The van der Waals surface area contributed by atoms with E-state index in [-0.39, 0.29) is 11.4 Å². The van der Waals surface area contributed by atoms with Crippen molar-refractivity contribution < 1.29 is 4.79 Å². The number of rotatable bonds is 2. The molecule has 0 aliphatic carbocycles. The fourth-order valence-corrected chi connectivity index (χ4v) is 4.08. The molecule has 0 unspecified atom stereocenters. The van der Waals surface area contributed by atoms with Gasteiger partial charge in [-0.05, 0) is 30.2 Å². The fourth-order valence-electron chi connectivity index (χ4n) is 4.08. The summed E-state index contributed by atoms with van der Waals surface area (Å²) >= 11 is 0. The summed E-state index contributed by atoms with van der Waals surface area (Å²) in [6.07, 6.45) is 6.54. The lowest BCUT2D eigenvalue weighted by Crippen LogP contribution is -2.41. The summed E-state index contributed by atoms with van der Waals surface area (Å²) in [7, 11) is 3.62. The quantitative estimate of drug-likeness (QED) is 0.842. The third-order valence-corrected chi connectivity index (χ3v) is 5.23. The molecule has 2 amide bonds. The second-order valence-electron chi connectivity index (χ2n) is 7.22. The van der Waals surface area contributed by atoms with Crippen molar-refractivity contribution in [3.05, 3.63) is 54.1 Å². The monoisotopic (exact) mass is 337 g/mol. The van der Waals surface area contributed by atoms with E-state index in [4.69, 9.17) is 4.98 Å². The highest BCUT2D eigenvalue weighted by atomic mass is 16.2. The van der Waals surface area contributed by atoms with Crippen LogP contribution in [0.15, 0.2) is 42.9 Å². The molecule has 2 aromatic heterocycles. The molecule has 0 bridgehead atoms. The zero-order valence-electron chi connectivity index (χ0n) is 14.7. The van der Waals surface area contributed by atoms with Crippen molar-refractivity contribution in [1.29, 1.82) is 0 Å². The molecule has 0 N–H and O–H groups in total. The van der Waals surface area contributed by atoms with Gasteiger partial charge in [0.05, 0.1) is 16.8 Å². The van der Waals surface area contributed by atoms with Crippen molar-refractivity contribution >= 4 is 11.7 Å². The minimum Gasteiger partial charge on any atom is -0.365 e. The van der Waals surface area contributed by atoms with Crippen LogP contribution in [0.25, 0.3) is 0 Å². The van der Waals surface area contributed by atoms with Gasteiger partial charge in [-0.1, -0.05) is 6.07 Å². The van der Waals surface area contributed by atoms with E-state index >= 15 is 0 Å². The van der Waals surface area contributed by atoms with E-state index in [9.17, 15) is 4.79 Å². The van der Waals surface area contributed by atoms with E-state index < -0.39 is 0 Å². The number of hydrogen-bond acceptors (Lipinski definition) is 4. The molecule has 0 radical (unpaired) electrons. The molecule has 2 aromatic rings. The number of nitrogens with zero attached hydrogens (tertiary/aromatic N) is 5. The summed E-state index contributed by atoms with van der Waals surface area (Å²) in [6.45, 7) is 3.23. The Kier molecular flexibility index (Phi) is 3.82. The molecule has 25 heavy (non-hydrogen) atoms. The van der Waals surface area contributed by atoms with Crippen molar-refractivity contribution in [3.8, 4) is 0 Å². The molecule has 1 atom stereocenters. The van der Waals surface area contributed by atoms with Gasteiger partial charge in [0.1, 0.15) is 0 Å². The van der Waals surface area contributed by atoms with E-state index in [1.807, 2.05) is 43.5 Å². The minimum atomic E-state index is -0.0650. The molecule has 6 nitrogen and oxygen atoms in total. The lowest BCUT2D eigenvalue weighted by molar-refractivity contribution is 0.179. The number of pyridine rings is 2. The van der Waals surface area contributed by atoms with E-state index in [0.29, 0.717) is 0 Å². The predicted octanol–water partition coefficient (Wildman–Crippen LogP) is 2.12. The minimum absolute atomic E-state index is 0.0650. The van der Waals surface area contributed by atoms with Gasteiger partial charge in [-0.2, -0.15) is 0 Å². The zero-order valence-corrected chi connectivity index (χ0v) is 14.7. The second kappa shape index (κ2) is 6.02. The molecular weight excluding hydrogens is 314 g/mol. The third-order valence-electron chi connectivity index (χ3n) is 5.23. The van der Waals surface area contributed by atoms with Crippen LogP contribution in [-0.2, 0) is 12.0 Å². The lowest BCUT2D eigenvalue weighted by Gasteiger charge is -2.27. The first-order chi connectivity index (χ1) is 12.1. The number of aromatic nitrogens is 2. The number of anilines is 1. The third kappa shape index (κ3) is 2.71. The Morgan fingerprint density at radius 1 is 1.24 bits per heavy atom. The molecule has 6 heteroatoms. The molecule has 2 aliphatic rings. The molecule has 4 rings (SSSR count). The average Bonchev–Trinajstić information content (AvgIpc) is 3.18. The van der Waals surface area contributed by atoms with Crippen molar-refractivity contribution in [2.75, 3.05) is 38.6 Å². The molecule has 1 fully saturated rings. The topological polar surface area (TPSA) is 52.6 Å². The fraction of sp³-hybridized carbons (Fsp3) is 0.421. The van der Waals surface area contributed by atoms with Crippen LogP contribution in [0.2, 0.25) is 0 Å². The van der Waals surface area contributed by atoms with Crippen LogP contribution in [-0.4, -0.2) is 59.5 Å². The van der Waals surface area contributed by atoms with Gasteiger partial charge < -0.3 is 14.7 Å². The van der Waals surface area contributed by atoms with Crippen LogP contribution < -0.4 is 4.90 Å². The van der Waals surface area contributed by atoms with Crippen molar-refractivity contribution in [3.63, 3.8) is 0 Å². The lowest BCUT2D eigenvalue weighted by atomic mass is 9.85. The van der Waals surface area contributed by atoms with Gasteiger partial charge in [0.15, 0.2) is 0 Å². The Hall–Kier alpha value is -2.63. The van der Waals surface area contributed by atoms with Gasteiger partial charge in [-0.25, -0.2) is 4.79 Å². The highest BCUT2D eigenvalue weighted by Gasteiger charge is 2.49. The number of urea groups is 1. The van der Waals surface area contributed by atoms with E-state index in [2.05, 4.69) is 22.0 Å². The van der Waals surface area contributed by atoms with E-state index in [1.165, 1.54) is 11.3 Å². The summed E-state index contributed by atoms with van der Waals surface area (Å²) in [5.74, 6) is 0. The molecule has 0 saturated carbocycles. The molecule has 1 saturated heterocycles. The van der Waals surface area contributed by atoms with Gasteiger partial charge in [0.2, 0.25) is 0 Å². The van der Waals surface area contributed by atoms with Gasteiger partial charge in [0, 0.05) is 58.9 Å². The van der Waals surface area contributed by atoms with Crippen LogP contribution in [0.1, 0.15) is 17.7 Å². The average molecular weight is 337 g/mol. The molecule has 1 spiro atoms. The molecule has 2 aliphatic heterocycles. The second-order valence-corrected chi connectivity index (χ2v) is 7.22. The Bertz CT molecular complexity index is 778. The first-order valence-corrected chi connectivity index (χ1v) is 8.65. The standard InChI is InChI=1S/C19H23N5O/c1-22(2)18(25)23-10-7-19(13-23)14-24(12-15-5-3-8-20-11-15)16-6-4-9-21-17(16)19/h3-6,8-9,11H,7,10,12-14H2,1-2H3/t19-/m0/s1. The molecule has 130 valence electrons. The van der Waals surface area contributed by atoms with Crippen LogP contribution in [0.3, 0.4) is 0 Å². The van der Waals surface area contributed by atoms with Gasteiger partial charge in [0.25, 0.3) is 0 Å². The summed E-state index contributed by atoms with van der Waals surface area (Å²) < 4.78 is 0. The van der Waals surface area contributed by atoms with Crippen molar-refractivity contribution in [2.45, 2.75) is 18.4 Å². The number of likely N-dealkylation sites (tertiary alicyclic amines) is 1. The van der Waals surface area contributed by atoms with Crippen LogP contribution in [0.5, 0.6) is 0 Å². The van der Waals surface area contributed by atoms with E-state index in [1.54, 1.807) is 11.1 Å². The normalized spacial score (nSPS) is 21.7. The molecule has 0 aromatic carbocycles. The maximum atomic E-state index is 12.4. The summed E-state index contributed by atoms with van der Waals surface area (Å²) in [4.78, 5) is 27.3. The predicted molar refractivity (Wildman–Crippen MR) is 96.5 cm³/mol. The summed E-state index contributed by atoms with van der Waals surface area (Å²) in [6, 6.07) is 8.29. The Labute approximate surface area is 148 Å². The van der Waals surface area contributed by atoms with Crippen LogP contribution in [0, 0.1) is 0 Å². The van der Waals surface area contributed by atoms with Gasteiger partial charge in [-0.15, -0.1) is 0 Å². The largest absolute Gasteiger partial charge is 0.365 e. The van der Waals surface area contributed by atoms with Crippen molar-refractivity contribution in [1.82, 2.24) is 19.8 Å². The number of hydrogen-bond donors (Lipinski definition) is 0. The number of carbonyl (C=O) groups is 1. The molecule has 4 heterocycles. The van der Waals surface area contributed by atoms with Crippen LogP contribution in [0.4, 0.5) is 10.5 Å². The highest BCUT2D eigenvalue weighted by molar-refractivity contribution is 5.75. The van der Waals surface area contributed by atoms with Crippen molar-refractivity contribution in [2.24, 2.45) is 0 Å². The Morgan fingerprint density at radius 2 is 2.08 bits per heavy atom. The van der Waals surface area contributed by atoms with E-state index in [0.717, 1.165) is 38.3 Å². The maximum Gasteiger partial charge on any atom is 0.319 e. The highest BCUT2D eigenvalue weighted by Crippen LogP contribution is 2.45. The molecular formula is C19H23N5O. The van der Waals surface area contributed by atoms with Gasteiger partial charge in [-0.3, -0.25) is 9.97 Å². The number of amides is 2. The first-order valence-electron chi connectivity index (χ1n) is 8.65.